The van der Waals surface area contributed by atoms with Crippen molar-refractivity contribution in [2.24, 2.45) is 0 Å². The van der Waals surface area contributed by atoms with Gasteiger partial charge in [-0.1, -0.05) is 0 Å². The van der Waals surface area contributed by atoms with Crippen LogP contribution in [0.5, 0.6) is 0 Å². The van der Waals surface area contributed by atoms with E-state index in [0.717, 1.165) is 0 Å². The first-order valence-corrected chi connectivity index (χ1v) is 4.46. The lowest BCUT2D eigenvalue weighted by Gasteiger charge is -2.09. The fourth-order valence-corrected chi connectivity index (χ4v) is 1.26. The number of halogens is 1. The zero-order valence-corrected chi connectivity index (χ0v) is 7.46. The highest BCUT2D eigenvalue weighted by atomic mass is 35.5. The molecule has 0 bridgehead atoms. The van der Waals surface area contributed by atoms with E-state index < -0.39 is 6.04 Å². The molecule has 1 atom stereocenters. The molecule has 0 saturated carbocycles. The van der Waals surface area contributed by atoms with Gasteiger partial charge in [-0.05, 0) is 18.0 Å². The fourth-order valence-electron chi connectivity index (χ4n) is 0.453. The minimum atomic E-state index is -0.401. The average Bonchev–Trinajstić information content (AvgIpc) is 1.99. The minimum Gasteiger partial charge on any atom is -0.468 e. The van der Waals surface area contributed by atoms with Crippen LogP contribution in [0.3, 0.4) is 0 Å². The molecule has 0 amide bonds. The van der Waals surface area contributed by atoms with Crippen molar-refractivity contribution in [2.75, 3.05) is 19.1 Å². The summed E-state index contributed by atoms with van der Waals surface area (Å²) in [5, 5.41) is 0. The summed E-state index contributed by atoms with van der Waals surface area (Å²) >= 11 is 6.79. The lowest BCUT2D eigenvalue weighted by molar-refractivity contribution is -0.141. The monoisotopic (exact) mass is 183 g/mol. The minimum absolute atomic E-state index is 0.329. The van der Waals surface area contributed by atoms with Crippen molar-refractivity contribution < 1.29 is 9.53 Å². The summed E-state index contributed by atoms with van der Waals surface area (Å²) < 4.78 is 4.46. The van der Waals surface area contributed by atoms with Crippen molar-refractivity contribution >= 4 is 29.5 Å². The summed E-state index contributed by atoms with van der Waals surface area (Å²) in [6.45, 7) is 0. The maximum atomic E-state index is 10.8. The second kappa shape index (κ2) is 5.82. The molecule has 10 heavy (non-hydrogen) atoms. The Hall–Kier alpha value is 0.0700. The molecule has 0 aromatic heterocycles. The second-order valence-electron chi connectivity index (χ2n) is 1.64. The fraction of sp³-hybridized carbons (Fsp3) is 0.800. The van der Waals surface area contributed by atoms with Gasteiger partial charge in [-0.25, -0.2) is 4.84 Å². The van der Waals surface area contributed by atoms with Gasteiger partial charge in [-0.2, -0.15) is 11.8 Å². The molecule has 0 radical (unpaired) electrons. The van der Waals surface area contributed by atoms with Gasteiger partial charge >= 0.3 is 5.97 Å². The van der Waals surface area contributed by atoms with E-state index in [9.17, 15) is 4.79 Å². The van der Waals surface area contributed by atoms with Gasteiger partial charge in [0.15, 0.2) is 0 Å². The van der Waals surface area contributed by atoms with Gasteiger partial charge in [0.1, 0.15) is 6.04 Å². The van der Waals surface area contributed by atoms with Crippen molar-refractivity contribution in [1.82, 2.24) is 4.84 Å². The highest BCUT2D eigenvalue weighted by Crippen LogP contribution is 1.99. The predicted octanol–water partition coefficient (Wildman–Crippen LogP) is 0.634. The third-order valence-corrected chi connectivity index (χ3v) is 1.88. The highest BCUT2D eigenvalue weighted by Gasteiger charge is 2.15. The van der Waals surface area contributed by atoms with Crippen molar-refractivity contribution in [1.29, 1.82) is 0 Å². The standard InChI is InChI=1S/C5H10ClNO2S/c1-9-5(8)4(7-6)3-10-2/h4,7H,3H2,1-2H3/t4-/m0/s1. The number of hydrogen-bond donors (Lipinski definition) is 1. The molecule has 0 aliphatic carbocycles. The molecule has 0 fully saturated rings. The highest BCUT2D eigenvalue weighted by molar-refractivity contribution is 7.98. The molecule has 0 saturated heterocycles. The van der Waals surface area contributed by atoms with Gasteiger partial charge in [0, 0.05) is 5.75 Å². The first kappa shape index (κ1) is 10.1. The molecule has 3 nitrogen and oxygen atoms in total. The molecule has 0 aromatic rings. The number of hydrogen-bond acceptors (Lipinski definition) is 4. The Morgan fingerprint density at radius 2 is 2.50 bits per heavy atom. The Kier molecular flexibility index (Phi) is 5.87. The number of methoxy groups -OCH3 is 1. The molecule has 5 heteroatoms. The Bertz CT molecular complexity index is 112. The molecule has 1 N–H and O–H groups in total. The van der Waals surface area contributed by atoms with Crippen molar-refractivity contribution in [3.05, 3.63) is 0 Å². The van der Waals surface area contributed by atoms with Crippen molar-refractivity contribution in [3.8, 4) is 0 Å². The second-order valence-corrected chi connectivity index (χ2v) is 2.77. The smallest absolute Gasteiger partial charge is 0.324 e. The van der Waals surface area contributed by atoms with Crippen LogP contribution < -0.4 is 4.84 Å². The summed E-state index contributed by atoms with van der Waals surface area (Å²) in [6.07, 6.45) is 1.89. The Morgan fingerprint density at radius 1 is 1.90 bits per heavy atom. The van der Waals surface area contributed by atoms with Gasteiger partial charge in [-0.15, -0.1) is 0 Å². The summed E-state index contributed by atoms with van der Waals surface area (Å²) in [5.74, 6) is 0.292. The Labute approximate surface area is 69.6 Å². The Morgan fingerprint density at radius 3 is 2.80 bits per heavy atom. The van der Waals surface area contributed by atoms with E-state index >= 15 is 0 Å². The number of carbonyl (C=O) groups is 1. The molecule has 0 unspecified atom stereocenters. The lowest BCUT2D eigenvalue weighted by Crippen LogP contribution is -2.34. The average molecular weight is 184 g/mol. The maximum absolute atomic E-state index is 10.8. The zero-order valence-electron chi connectivity index (χ0n) is 5.89. The normalized spacial score (nSPS) is 12.7. The quantitative estimate of drug-likeness (QED) is 0.513. The number of nitrogens with one attached hydrogen (secondary N) is 1. The van der Waals surface area contributed by atoms with Gasteiger partial charge in [0.25, 0.3) is 0 Å². The van der Waals surface area contributed by atoms with E-state index in [0.29, 0.717) is 5.75 Å². The number of carbonyl (C=O) groups excluding carboxylic acids is 1. The van der Waals surface area contributed by atoms with Crippen molar-refractivity contribution in [2.45, 2.75) is 6.04 Å². The van der Waals surface area contributed by atoms with Crippen LogP contribution >= 0.6 is 23.5 Å². The Balaban J connectivity index is 3.68. The van der Waals surface area contributed by atoms with Crippen LogP contribution in [0.25, 0.3) is 0 Å². The van der Waals surface area contributed by atoms with Crippen LogP contribution in [0.1, 0.15) is 0 Å². The topological polar surface area (TPSA) is 38.3 Å². The molecule has 60 valence electrons. The molecule has 0 spiro atoms. The third kappa shape index (κ3) is 3.29. The first-order chi connectivity index (χ1) is 4.76. The number of ether oxygens (including phenoxy) is 1. The van der Waals surface area contributed by atoms with Gasteiger partial charge < -0.3 is 4.74 Å². The molecular formula is C5H10ClNO2S. The van der Waals surface area contributed by atoms with E-state index in [1.807, 2.05) is 6.26 Å². The van der Waals surface area contributed by atoms with Crippen LogP contribution in [0.15, 0.2) is 0 Å². The third-order valence-electron chi connectivity index (χ3n) is 0.951. The number of thioether (sulfide) groups is 1. The van der Waals surface area contributed by atoms with Gasteiger partial charge in [0.05, 0.1) is 7.11 Å². The van der Waals surface area contributed by atoms with E-state index in [1.54, 1.807) is 0 Å². The van der Waals surface area contributed by atoms with E-state index in [1.165, 1.54) is 18.9 Å². The summed E-state index contributed by atoms with van der Waals surface area (Å²) in [6, 6.07) is -0.401. The first-order valence-electron chi connectivity index (χ1n) is 2.69. The number of esters is 1. The van der Waals surface area contributed by atoms with E-state index in [4.69, 9.17) is 11.8 Å². The lowest BCUT2D eigenvalue weighted by atomic mass is 10.4. The summed E-state index contributed by atoms with van der Waals surface area (Å²) in [4.78, 5) is 13.1. The van der Waals surface area contributed by atoms with E-state index in [2.05, 4.69) is 9.57 Å². The van der Waals surface area contributed by atoms with Crippen LogP contribution in [-0.4, -0.2) is 31.1 Å². The molecule has 0 aromatic carbocycles. The molecular weight excluding hydrogens is 174 g/mol. The summed E-state index contributed by atoms with van der Waals surface area (Å²) in [5.41, 5.74) is 0. The van der Waals surface area contributed by atoms with Crippen molar-refractivity contribution in [3.63, 3.8) is 0 Å². The SMILES string of the molecule is COC(=O)[C@H](CSC)NCl. The zero-order chi connectivity index (χ0) is 7.98. The molecule has 0 aliphatic heterocycles. The molecule has 0 heterocycles. The van der Waals surface area contributed by atoms with Gasteiger partial charge in [-0.3, -0.25) is 4.79 Å². The predicted molar refractivity (Wildman–Crippen MR) is 43.2 cm³/mol. The van der Waals surface area contributed by atoms with Crippen LogP contribution in [0, 0.1) is 0 Å². The largest absolute Gasteiger partial charge is 0.468 e. The number of rotatable bonds is 4. The summed E-state index contributed by atoms with van der Waals surface area (Å²) in [7, 11) is 1.34. The van der Waals surface area contributed by atoms with Crippen LogP contribution in [0.2, 0.25) is 0 Å². The van der Waals surface area contributed by atoms with E-state index in [-0.39, 0.29) is 5.97 Å². The maximum Gasteiger partial charge on any atom is 0.324 e. The van der Waals surface area contributed by atoms with Gasteiger partial charge in [0.2, 0.25) is 0 Å². The molecule has 0 aliphatic rings. The van der Waals surface area contributed by atoms with Crippen LogP contribution in [0.4, 0.5) is 0 Å². The molecule has 0 rings (SSSR count). The van der Waals surface area contributed by atoms with Crippen LogP contribution in [-0.2, 0) is 9.53 Å².